The summed E-state index contributed by atoms with van der Waals surface area (Å²) in [4.78, 5) is 54.1. The Labute approximate surface area is 222 Å². The molecule has 214 valence electrons. The van der Waals surface area contributed by atoms with Gasteiger partial charge in [-0.2, -0.15) is 0 Å². The number of nitrogens with one attached hydrogen (secondary N) is 1. The Hall–Kier alpha value is -2.20. The van der Waals surface area contributed by atoms with Crippen molar-refractivity contribution in [3.05, 3.63) is 0 Å². The lowest BCUT2D eigenvalue weighted by atomic mass is 9.90. The summed E-state index contributed by atoms with van der Waals surface area (Å²) in [5.74, 6) is -1.13. The molecule has 0 aromatic heterocycles. The highest BCUT2D eigenvalue weighted by atomic mass is 16.5. The van der Waals surface area contributed by atoms with Gasteiger partial charge in [0.15, 0.2) is 0 Å². The average molecular weight is 528 g/mol. The zero-order valence-corrected chi connectivity index (χ0v) is 24.2. The van der Waals surface area contributed by atoms with E-state index in [1.165, 1.54) is 14.2 Å². The van der Waals surface area contributed by atoms with Gasteiger partial charge in [0.1, 0.15) is 6.54 Å². The van der Waals surface area contributed by atoms with Crippen LogP contribution in [0.25, 0.3) is 0 Å². The van der Waals surface area contributed by atoms with Crippen LogP contribution in [0, 0.1) is 17.8 Å². The van der Waals surface area contributed by atoms with Crippen LogP contribution < -0.4 is 5.32 Å². The fourth-order valence-electron chi connectivity index (χ4n) is 5.21. The van der Waals surface area contributed by atoms with E-state index in [0.717, 1.165) is 12.8 Å². The van der Waals surface area contributed by atoms with Crippen molar-refractivity contribution in [3.8, 4) is 0 Å². The largest absolute Gasteiger partial charge is 0.468 e. The molecule has 1 saturated heterocycles. The van der Waals surface area contributed by atoms with E-state index < -0.39 is 24.1 Å². The van der Waals surface area contributed by atoms with Gasteiger partial charge in [0.25, 0.3) is 0 Å². The summed E-state index contributed by atoms with van der Waals surface area (Å²) >= 11 is 0. The summed E-state index contributed by atoms with van der Waals surface area (Å²) in [6, 6.07) is -0.524. The Bertz CT molecular complexity index is 760. The van der Waals surface area contributed by atoms with E-state index in [1.54, 1.807) is 30.9 Å². The molecule has 1 N–H and O–H groups in total. The van der Waals surface area contributed by atoms with Crippen LogP contribution in [0.5, 0.6) is 0 Å². The number of amides is 3. The highest BCUT2D eigenvalue weighted by Crippen LogP contribution is 2.29. The number of methoxy groups -OCH3 is 3. The molecule has 10 nitrogen and oxygen atoms in total. The summed E-state index contributed by atoms with van der Waals surface area (Å²) in [5, 5.41) is 2.57. The van der Waals surface area contributed by atoms with Crippen LogP contribution in [0.2, 0.25) is 0 Å². The standard InChI is InChI=1S/C27H49N3O7/c1-10-18(4)25(29(6)22(31)14-17(2)3)21(35-7)15-23(32)30-13-11-12-20(30)26(37-9)19(5)27(34)28-16-24(33)36-8/h17-21,25-26H,10-16H2,1-9H3,(H,28,34)/t18-,19+,20-,21+,25-,26+/m0/s1. The van der Waals surface area contributed by atoms with Crippen molar-refractivity contribution >= 4 is 23.7 Å². The Morgan fingerprint density at radius 3 is 2.19 bits per heavy atom. The number of hydrogen-bond donors (Lipinski definition) is 1. The zero-order chi connectivity index (χ0) is 28.3. The SMILES string of the molecule is CC[C@H](C)[C@@H]([C@@H](CC(=O)N1CCC[C@H]1[C@H](OC)[C@@H](C)C(=O)NCC(=O)OC)OC)N(C)C(=O)CC(C)C. The van der Waals surface area contributed by atoms with E-state index in [9.17, 15) is 19.2 Å². The number of carbonyl (C=O) groups is 4. The van der Waals surface area contributed by atoms with Crippen molar-refractivity contribution in [2.45, 2.75) is 91.0 Å². The van der Waals surface area contributed by atoms with E-state index in [0.29, 0.717) is 19.4 Å². The third kappa shape index (κ3) is 9.25. The predicted molar refractivity (Wildman–Crippen MR) is 141 cm³/mol. The number of carbonyl (C=O) groups excluding carboxylic acids is 4. The maximum atomic E-state index is 13.6. The fraction of sp³-hybridized carbons (Fsp3) is 0.852. The molecular weight excluding hydrogens is 478 g/mol. The molecule has 1 fully saturated rings. The number of esters is 1. The number of likely N-dealkylation sites (N-methyl/N-ethyl adjacent to an activating group) is 1. The van der Waals surface area contributed by atoms with Crippen molar-refractivity contribution in [1.82, 2.24) is 15.1 Å². The van der Waals surface area contributed by atoms with Gasteiger partial charge in [-0.1, -0.05) is 41.0 Å². The smallest absolute Gasteiger partial charge is 0.325 e. The Kier molecular flexibility index (Phi) is 14.1. The van der Waals surface area contributed by atoms with Crippen LogP contribution in [-0.2, 0) is 33.4 Å². The summed E-state index contributed by atoms with van der Waals surface area (Å²) in [6.07, 6.45) is 1.91. The van der Waals surface area contributed by atoms with Gasteiger partial charge in [-0.25, -0.2) is 0 Å². The van der Waals surface area contributed by atoms with Crippen molar-refractivity contribution < 1.29 is 33.4 Å². The molecule has 3 amide bonds. The molecule has 0 bridgehead atoms. The van der Waals surface area contributed by atoms with E-state index in [1.807, 2.05) is 13.8 Å². The second kappa shape index (κ2) is 15.9. The normalized spacial score (nSPS) is 19.6. The van der Waals surface area contributed by atoms with Gasteiger partial charge in [0.2, 0.25) is 17.7 Å². The van der Waals surface area contributed by atoms with Gasteiger partial charge in [0.05, 0.1) is 43.7 Å². The first-order valence-corrected chi connectivity index (χ1v) is 13.4. The molecule has 0 unspecified atom stereocenters. The molecule has 37 heavy (non-hydrogen) atoms. The summed E-state index contributed by atoms with van der Waals surface area (Å²) in [5.41, 5.74) is 0. The predicted octanol–water partition coefficient (Wildman–Crippen LogP) is 2.24. The second-order valence-corrected chi connectivity index (χ2v) is 10.5. The molecule has 1 rings (SSSR count). The van der Waals surface area contributed by atoms with Crippen molar-refractivity contribution in [2.24, 2.45) is 17.8 Å². The molecule has 1 aliphatic heterocycles. The Morgan fingerprint density at radius 2 is 1.68 bits per heavy atom. The molecule has 1 heterocycles. The second-order valence-electron chi connectivity index (χ2n) is 10.5. The number of ether oxygens (including phenoxy) is 3. The maximum absolute atomic E-state index is 13.6. The third-order valence-electron chi connectivity index (χ3n) is 7.52. The number of hydrogen-bond acceptors (Lipinski definition) is 7. The van der Waals surface area contributed by atoms with Gasteiger partial charge in [-0.05, 0) is 24.7 Å². The van der Waals surface area contributed by atoms with Crippen molar-refractivity contribution in [3.63, 3.8) is 0 Å². The van der Waals surface area contributed by atoms with Crippen LogP contribution in [0.15, 0.2) is 0 Å². The summed E-state index contributed by atoms with van der Waals surface area (Å²) < 4.78 is 16.1. The maximum Gasteiger partial charge on any atom is 0.325 e. The van der Waals surface area contributed by atoms with Crippen LogP contribution in [-0.4, -0.2) is 99.2 Å². The minimum absolute atomic E-state index is 0.0417. The van der Waals surface area contributed by atoms with Crippen molar-refractivity contribution in [1.29, 1.82) is 0 Å². The van der Waals surface area contributed by atoms with Gasteiger partial charge in [0, 0.05) is 34.2 Å². The zero-order valence-electron chi connectivity index (χ0n) is 24.2. The lowest BCUT2D eigenvalue weighted by molar-refractivity contribution is -0.146. The van der Waals surface area contributed by atoms with Crippen LogP contribution in [0.3, 0.4) is 0 Å². The molecule has 0 aliphatic carbocycles. The van der Waals surface area contributed by atoms with E-state index in [2.05, 4.69) is 23.9 Å². The first-order valence-electron chi connectivity index (χ1n) is 13.4. The lowest BCUT2D eigenvalue weighted by Gasteiger charge is -2.39. The molecular formula is C27H49N3O7. The van der Waals surface area contributed by atoms with Gasteiger partial charge in [-0.15, -0.1) is 0 Å². The summed E-state index contributed by atoms with van der Waals surface area (Å²) in [7, 11) is 6.17. The fourth-order valence-corrected chi connectivity index (χ4v) is 5.21. The van der Waals surface area contributed by atoms with Gasteiger partial charge >= 0.3 is 5.97 Å². The van der Waals surface area contributed by atoms with E-state index in [4.69, 9.17) is 9.47 Å². The quantitative estimate of drug-likeness (QED) is 0.325. The van der Waals surface area contributed by atoms with E-state index in [-0.39, 0.29) is 54.6 Å². The summed E-state index contributed by atoms with van der Waals surface area (Å²) in [6.45, 7) is 10.2. The molecule has 0 saturated carbocycles. The first kappa shape index (κ1) is 32.8. The van der Waals surface area contributed by atoms with Crippen LogP contribution in [0.1, 0.15) is 66.7 Å². The van der Waals surface area contributed by atoms with E-state index >= 15 is 0 Å². The average Bonchev–Trinajstić information content (AvgIpc) is 3.35. The molecule has 6 atom stereocenters. The highest BCUT2D eigenvalue weighted by molar-refractivity contribution is 5.84. The highest BCUT2D eigenvalue weighted by Gasteiger charge is 2.41. The topological polar surface area (TPSA) is 114 Å². The van der Waals surface area contributed by atoms with Crippen LogP contribution >= 0.6 is 0 Å². The number of nitrogens with zero attached hydrogens (tertiary/aromatic N) is 2. The first-order chi connectivity index (χ1) is 17.4. The molecule has 0 spiro atoms. The molecule has 0 radical (unpaired) electrons. The molecule has 10 heteroatoms. The minimum Gasteiger partial charge on any atom is -0.468 e. The monoisotopic (exact) mass is 527 g/mol. The van der Waals surface area contributed by atoms with Crippen molar-refractivity contribution in [2.75, 3.05) is 41.5 Å². The number of likely N-dealkylation sites (tertiary alicyclic amines) is 1. The molecule has 0 aromatic carbocycles. The Morgan fingerprint density at radius 1 is 1.03 bits per heavy atom. The van der Waals surface area contributed by atoms with Crippen LogP contribution in [0.4, 0.5) is 0 Å². The molecule has 1 aliphatic rings. The third-order valence-corrected chi connectivity index (χ3v) is 7.52. The minimum atomic E-state index is -0.584. The Balaban J connectivity index is 3.04. The van der Waals surface area contributed by atoms with Gasteiger partial charge in [-0.3, -0.25) is 19.2 Å². The number of rotatable bonds is 15. The lowest BCUT2D eigenvalue weighted by Crippen LogP contribution is -2.53. The molecule has 0 aromatic rings. The van der Waals surface area contributed by atoms with Gasteiger partial charge < -0.3 is 29.3 Å².